The topological polar surface area (TPSA) is 67.2 Å². The number of benzene rings is 1. The number of anilines is 1. The monoisotopic (exact) mass is 380 g/mol. The van der Waals surface area contributed by atoms with Crippen molar-refractivity contribution in [3.63, 3.8) is 0 Å². The van der Waals surface area contributed by atoms with Crippen LogP contribution in [0.15, 0.2) is 30.3 Å². The highest BCUT2D eigenvalue weighted by Crippen LogP contribution is 2.25. The molecule has 0 unspecified atom stereocenters. The van der Waals surface area contributed by atoms with Crippen LogP contribution in [0.1, 0.15) is 72.3 Å². The van der Waals surface area contributed by atoms with E-state index in [0.29, 0.717) is 18.1 Å². The fourth-order valence-corrected chi connectivity index (χ4v) is 4.39. The summed E-state index contributed by atoms with van der Waals surface area (Å²) in [4.78, 5) is 32.6. The van der Waals surface area contributed by atoms with Gasteiger partial charge in [-0.05, 0) is 51.2 Å². The Labute approximate surface area is 165 Å². The lowest BCUT2D eigenvalue weighted by Gasteiger charge is -2.22. The minimum absolute atomic E-state index is 0.126. The van der Waals surface area contributed by atoms with Gasteiger partial charge in [0.2, 0.25) is 0 Å². The summed E-state index contributed by atoms with van der Waals surface area (Å²) in [6, 6.07) is 9.88. The second kappa shape index (κ2) is 8.17. The Hall–Kier alpha value is -2.63. The molecule has 0 atom stereocenters. The summed E-state index contributed by atoms with van der Waals surface area (Å²) in [5.41, 5.74) is 2.19. The maximum Gasteiger partial charge on any atom is 0.287 e. The van der Waals surface area contributed by atoms with E-state index in [4.69, 9.17) is 0 Å². The van der Waals surface area contributed by atoms with E-state index in [1.165, 1.54) is 0 Å². The van der Waals surface area contributed by atoms with Crippen LogP contribution in [0, 0.1) is 0 Å². The Bertz CT molecular complexity index is 853. The van der Waals surface area contributed by atoms with E-state index in [0.717, 1.165) is 62.9 Å². The van der Waals surface area contributed by atoms with Gasteiger partial charge in [0.05, 0.1) is 5.69 Å². The van der Waals surface area contributed by atoms with Crippen LogP contribution in [0.5, 0.6) is 0 Å². The molecule has 6 nitrogen and oxygen atoms in total. The zero-order valence-corrected chi connectivity index (χ0v) is 16.5. The Morgan fingerprint density at radius 1 is 1.14 bits per heavy atom. The first-order valence-electron chi connectivity index (χ1n) is 10.5. The molecule has 0 spiro atoms. The molecule has 0 saturated heterocycles. The van der Waals surface area contributed by atoms with Crippen LogP contribution in [0.3, 0.4) is 0 Å². The maximum absolute atomic E-state index is 13.3. The molecule has 1 fully saturated rings. The summed E-state index contributed by atoms with van der Waals surface area (Å²) in [5.74, 6) is 0.130. The van der Waals surface area contributed by atoms with Gasteiger partial charge >= 0.3 is 0 Å². The number of imidazole rings is 1. The summed E-state index contributed by atoms with van der Waals surface area (Å²) < 4.78 is 1.97. The van der Waals surface area contributed by atoms with Crippen LogP contribution in [0.2, 0.25) is 0 Å². The SMILES string of the molecule is CCN(C(=O)c1nc(C(=O)NC2CCCC2)n2c1CCCC2)c1ccccc1. The van der Waals surface area contributed by atoms with Crippen LogP contribution < -0.4 is 10.2 Å². The van der Waals surface area contributed by atoms with E-state index >= 15 is 0 Å². The zero-order chi connectivity index (χ0) is 19.5. The van der Waals surface area contributed by atoms with Gasteiger partial charge in [-0.15, -0.1) is 0 Å². The lowest BCUT2D eigenvalue weighted by Crippen LogP contribution is -2.35. The van der Waals surface area contributed by atoms with Gasteiger partial charge in [0.15, 0.2) is 11.5 Å². The van der Waals surface area contributed by atoms with Crippen LogP contribution in [0.4, 0.5) is 5.69 Å². The summed E-state index contributed by atoms with van der Waals surface area (Å²) in [6.45, 7) is 3.26. The second-order valence-corrected chi connectivity index (χ2v) is 7.68. The van der Waals surface area contributed by atoms with Crippen LogP contribution >= 0.6 is 0 Å². The normalized spacial score (nSPS) is 16.6. The number of hydrogen-bond donors (Lipinski definition) is 1. The van der Waals surface area contributed by atoms with Gasteiger partial charge in [-0.3, -0.25) is 9.59 Å². The van der Waals surface area contributed by atoms with Crippen molar-refractivity contribution < 1.29 is 9.59 Å². The molecule has 2 aliphatic rings. The van der Waals surface area contributed by atoms with Gasteiger partial charge in [-0.1, -0.05) is 31.0 Å². The first-order valence-corrected chi connectivity index (χ1v) is 10.5. The minimum atomic E-state index is -0.142. The third-order valence-electron chi connectivity index (χ3n) is 5.84. The molecule has 148 valence electrons. The first-order chi connectivity index (χ1) is 13.7. The average Bonchev–Trinajstić information content (AvgIpc) is 3.37. The Morgan fingerprint density at radius 3 is 2.61 bits per heavy atom. The molecule has 2 amide bonds. The van der Waals surface area contributed by atoms with Gasteiger partial charge in [0.25, 0.3) is 11.8 Å². The fraction of sp³-hybridized carbons (Fsp3) is 0.500. The van der Waals surface area contributed by atoms with Crippen molar-refractivity contribution in [1.29, 1.82) is 0 Å². The van der Waals surface area contributed by atoms with Crippen molar-refractivity contribution in [3.05, 3.63) is 47.5 Å². The molecular formula is C22H28N4O2. The molecule has 2 aromatic rings. The number of nitrogens with one attached hydrogen (secondary N) is 1. The molecule has 1 aromatic carbocycles. The number of rotatable bonds is 5. The molecular weight excluding hydrogens is 352 g/mol. The third kappa shape index (κ3) is 3.55. The molecule has 28 heavy (non-hydrogen) atoms. The largest absolute Gasteiger partial charge is 0.347 e. The van der Waals surface area contributed by atoms with Gasteiger partial charge in [0.1, 0.15) is 0 Å². The number of hydrogen-bond acceptors (Lipinski definition) is 3. The predicted octanol–water partition coefficient (Wildman–Crippen LogP) is 3.56. The van der Waals surface area contributed by atoms with E-state index in [1.807, 2.05) is 41.8 Å². The van der Waals surface area contributed by atoms with Crippen molar-refractivity contribution in [2.75, 3.05) is 11.4 Å². The highest BCUT2D eigenvalue weighted by atomic mass is 16.2. The number of amides is 2. The van der Waals surface area contributed by atoms with Gasteiger partial charge in [0, 0.05) is 24.8 Å². The lowest BCUT2D eigenvalue weighted by molar-refractivity contribution is 0.0921. The zero-order valence-electron chi connectivity index (χ0n) is 16.5. The number of carbonyl (C=O) groups excluding carboxylic acids is 2. The molecule has 1 aliphatic heterocycles. The molecule has 6 heteroatoms. The minimum Gasteiger partial charge on any atom is -0.347 e. The van der Waals surface area contributed by atoms with Crippen LogP contribution in [-0.2, 0) is 13.0 Å². The number of para-hydroxylation sites is 1. The standard InChI is InChI=1S/C22H28N4O2/c1-2-25(17-12-4-3-5-13-17)22(28)19-18-14-8-9-15-26(18)20(24-19)21(27)23-16-10-6-7-11-16/h3-5,12-13,16H,2,6-11,14-15H2,1H3,(H,23,27). The summed E-state index contributed by atoms with van der Waals surface area (Å²) >= 11 is 0. The number of aromatic nitrogens is 2. The molecule has 4 rings (SSSR count). The average molecular weight is 380 g/mol. The third-order valence-corrected chi connectivity index (χ3v) is 5.84. The number of carbonyl (C=O) groups is 2. The van der Waals surface area contributed by atoms with E-state index in [2.05, 4.69) is 10.3 Å². The van der Waals surface area contributed by atoms with Crippen molar-refractivity contribution in [1.82, 2.24) is 14.9 Å². The predicted molar refractivity (Wildman–Crippen MR) is 109 cm³/mol. The molecule has 2 heterocycles. The van der Waals surface area contributed by atoms with Crippen molar-refractivity contribution in [2.24, 2.45) is 0 Å². The smallest absolute Gasteiger partial charge is 0.287 e. The molecule has 1 aromatic heterocycles. The summed E-state index contributed by atoms with van der Waals surface area (Å²) in [7, 11) is 0. The van der Waals surface area contributed by atoms with Gasteiger partial charge < -0.3 is 14.8 Å². The Kier molecular flexibility index (Phi) is 5.46. The summed E-state index contributed by atoms with van der Waals surface area (Å²) in [5, 5.41) is 3.13. The quantitative estimate of drug-likeness (QED) is 0.862. The molecule has 1 aliphatic carbocycles. The van der Waals surface area contributed by atoms with E-state index in [-0.39, 0.29) is 17.9 Å². The highest BCUT2D eigenvalue weighted by Gasteiger charge is 2.31. The molecule has 0 bridgehead atoms. The summed E-state index contributed by atoms with van der Waals surface area (Å²) in [6.07, 6.45) is 7.21. The molecule has 0 radical (unpaired) electrons. The molecule has 1 N–H and O–H groups in total. The fourth-order valence-electron chi connectivity index (χ4n) is 4.39. The van der Waals surface area contributed by atoms with E-state index < -0.39 is 0 Å². The van der Waals surface area contributed by atoms with Gasteiger partial charge in [-0.2, -0.15) is 0 Å². The highest BCUT2D eigenvalue weighted by molar-refractivity contribution is 6.06. The Morgan fingerprint density at radius 2 is 1.89 bits per heavy atom. The number of fused-ring (bicyclic) bond motifs is 1. The van der Waals surface area contributed by atoms with Crippen molar-refractivity contribution >= 4 is 17.5 Å². The van der Waals surface area contributed by atoms with Crippen molar-refractivity contribution in [2.45, 2.75) is 64.5 Å². The maximum atomic E-state index is 13.3. The van der Waals surface area contributed by atoms with Crippen LogP contribution in [-0.4, -0.2) is 34.0 Å². The van der Waals surface area contributed by atoms with E-state index in [9.17, 15) is 9.59 Å². The first kappa shape index (κ1) is 18.7. The number of nitrogens with zero attached hydrogens (tertiary/aromatic N) is 3. The van der Waals surface area contributed by atoms with Crippen molar-refractivity contribution in [3.8, 4) is 0 Å². The molecule has 1 saturated carbocycles. The Balaban J connectivity index is 1.66. The second-order valence-electron chi connectivity index (χ2n) is 7.68. The lowest BCUT2D eigenvalue weighted by atomic mass is 10.1. The van der Waals surface area contributed by atoms with Crippen LogP contribution in [0.25, 0.3) is 0 Å². The van der Waals surface area contributed by atoms with Gasteiger partial charge in [-0.25, -0.2) is 4.98 Å². The van der Waals surface area contributed by atoms with E-state index in [1.54, 1.807) is 4.90 Å².